The van der Waals surface area contributed by atoms with Crippen molar-refractivity contribution in [3.8, 4) is 5.75 Å². The third-order valence-electron chi connectivity index (χ3n) is 2.92. The second kappa shape index (κ2) is 6.60. The minimum atomic E-state index is 0.875. The van der Waals surface area contributed by atoms with Gasteiger partial charge in [-0.3, -0.25) is 0 Å². The molecule has 0 saturated heterocycles. The fourth-order valence-corrected chi connectivity index (χ4v) is 1.96. The van der Waals surface area contributed by atoms with Gasteiger partial charge in [0.25, 0.3) is 0 Å². The molecule has 0 amide bonds. The summed E-state index contributed by atoms with van der Waals surface area (Å²) in [5.41, 5.74) is 3.55. The van der Waals surface area contributed by atoms with Crippen LogP contribution in [0, 0.1) is 0 Å². The van der Waals surface area contributed by atoms with E-state index in [4.69, 9.17) is 4.74 Å². The van der Waals surface area contributed by atoms with Crippen molar-refractivity contribution < 1.29 is 4.74 Å². The molecule has 2 rings (SSSR count). The van der Waals surface area contributed by atoms with E-state index < -0.39 is 0 Å². The van der Waals surface area contributed by atoms with Gasteiger partial charge in [0.05, 0.1) is 7.11 Å². The molecule has 0 radical (unpaired) electrons. The van der Waals surface area contributed by atoms with E-state index in [1.165, 1.54) is 11.1 Å². The zero-order valence-corrected chi connectivity index (χ0v) is 11.3. The Morgan fingerprint density at radius 2 is 1.68 bits per heavy atom. The fraction of sp³-hybridized carbons (Fsp3) is 0.111. The molecule has 0 aromatic heterocycles. The third kappa shape index (κ3) is 3.35. The Morgan fingerprint density at radius 1 is 0.947 bits per heavy atom. The van der Waals surface area contributed by atoms with Crippen molar-refractivity contribution in [1.82, 2.24) is 0 Å². The van der Waals surface area contributed by atoms with Crippen LogP contribution in [-0.4, -0.2) is 7.11 Å². The maximum atomic E-state index is 5.30. The lowest BCUT2D eigenvalue weighted by Gasteiger charge is -2.09. The zero-order chi connectivity index (χ0) is 13.5. The van der Waals surface area contributed by atoms with Crippen LogP contribution in [0.3, 0.4) is 0 Å². The van der Waals surface area contributed by atoms with Crippen molar-refractivity contribution in [3.63, 3.8) is 0 Å². The summed E-state index contributed by atoms with van der Waals surface area (Å²) in [6.45, 7) is 2.02. The number of benzene rings is 2. The van der Waals surface area contributed by atoms with E-state index >= 15 is 0 Å². The van der Waals surface area contributed by atoms with Gasteiger partial charge in [-0.15, -0.1) is 0 Å². The van der Waals surface area contributed by atoms with Gasteiger partial charge in [-0.2, -0.15) is 0 Å². The molecule has 0 aliphatic carbocycles. The van der Waals surface area contributed by atoms with E-state index in [2.05, 4.69) is 48.6 Å². The molecule has 0 spiro atoms. The van der Waals surface area contributed by atoms with Crippen molar-refractivity contribution in [3.05, 3.63) is 84.0 Å². The van der Waals surface area contributed by atoms with Crippen molar-refractivity contribution in [1.29, 1.82) is 0 Å². The van der Waals surface area contributed by atoms with E-state index in [0.717, 1.165) is 11.3 Å². The standard InChI is InChI=1S/C18H18O/c1-3-4-13-18(15-9-6-5-7-10-15)16-11-8-12-17(14-16)19-2/h3-14H,1-2H3/b4-3+,18-13+. The minimum absolute atomic E-state index is 0.875. The second-order valence-corrected chi connectivity index (χ2v) is 4.20. The van der Waals surface area contributed by atoms with Gasteiger partial charge in [-0.1, -0.05) is 60.7 Å². The molecule has 1 nitrogen and oxygen atoms in total. The molecule has 96 valence electrons. The molecule has 1 heteroatoms. The quantitative estimate of drug-likeness (QED) is 0.714. The molecule has 0 heterocycles. The van der Waals surface area contributed by atoms with Crippen LogP contribution in [0.4, 0.5) is 0 Å². The first kappa shape index (κ1) is 13.2. The van der Waals surface area contributed by atoms with Crippen LogP contribution >= 0.6 is 0 Å². The Labute approximate surface area is 114 Å². The monoisotopic (exact) mass is 250 g/mol. The molecule has 0 N–H and O–H groups in total. The molecule has 2 aromatic rings. The van der Waals surface area contributed by atoms with Gasteiger partial charge < -0.3 is 4.74 Å². The molecule has 0 aliphatic rings. The Hall–Kier alpha value is -2.28. The van der Waals surface area contributed by atoms with Crippen molar-refractivity contribution in [2.45, 2.75) is 6.92 Å². The molecule has 19 heavy (non-hydrogen) atoms. The highest BCUT2D eigenvalue weighted by Gasteiger charge is 2.04. The maximum Gasteiger partial charge on any atom is 0.119 e. The largest absolute Gasteiger partial charge is 0.497 e. The summed E-state index contributed by atoms with van der Waals surface area (Å²) >= 11 is 0. The Balaban J connectivity index is 2.49. The molecule has 0 unspecified atom stereocenters. The summed E-state index contributed by atoms with van der Waals surface area (Å²) in [6, 6.07) is 18.5. The van der Waals surface area contributed by atoms with Gasteiger partial charge in [-0.25, -0.2) is 0 Å². The van der Waals surface area contributed by atoms with E-state index in [1.54, 1.807) is 7.11 Å². The molecule has 0 saturated carbocycles. The van der Waals surface area contributed by atoms with E-state index in [-0.39, 0.29) is 0 Å². The summed E-state index contributed by atoms with van der Waals surface area (Å²) < 4.78 is 5.30. The van der Waals surface area contributed by atoms with Crippen molar-refractivity contribution in [2.75, 3.05) is 7.11 Å². The predicted molar refractivity (Wildman–Crippen MR) is 81.3 cm³/mol. The van der Waals surface area contributed by atoms with Crippen LogP contribution in [-0.2, 0) is 0 Å². The summed E-state index contributed by atoms with van der Waals surface area (Å²) in [5.74, 6) is 0.875. The minimum Gasteiger partial charge on any atom is -0.497 e. The zero-order valence-electron chi connectivity index (χ0n) is 11.3. The lowest BCUT2D eigenvalue weighted by Crippen LogP contribution is -1.89. The first-order valence-electron chi connectivity index (χ1n) is 6.38. The summed E-state index contributed by atoms with van der Waals surface area (Å²) in [6.07, 6.45) is 6.22. The van der Waals surface area contributed by atoms with Crippen LogP contribution in [0.25, 0.3) is 5.57 Å². The van der Waals surface area contributed by atoms with Gasteiger partial charge in [0, 0.05) is 0 Å². The van der Waals surface area contributed by atoms with Gasteiger partial charge in [0.15, 0.2) is 0 Å². The number of hydrogen-bond acceptors (Lipinski definition) is 1. The summed E-state index contributed by atoms with van der Waals surface area (Å²) in [4.78, 5) is 0. The van der Waals surface area contributed by atoms with E-state index in [0.29, 0.717) is 0 Å². The van der Waals surface area contributed by atoms with Crippen LogP contribution < -0.4 is 4.74 Å². The van der Waals surface area contributed by atoms with Crippen molar-refractivity contribution >= 4 is 5.57 Å². The molecular formula is C18H18O. The highest BCUT2D eigenvalue weighted by molar-refractivity contribution is 5.81. The fourth-order valence-electron chi connectivity index (χ4n) is 1.96. The van der Waals surface area contributed by atoms with Crippen LogP contribution in [0.2, 0.25) is 0 Å². The predicted octanol–water partition coefficient (Wildman–Crippen LogP) is 4.70. The van der Waals surface area contributed by atoms with Crippen LogP contribution in [0.1, 0.15) is 18.1 Å². The van der Waals surface area contributed by atoms with Gasteiger partial charge in [0.1, 0.15) is 5.75 Å². The summed E-state index contributed by atoms with van der Waals surface area (Å²) in [7, 11) is 1.69. The molecule has 0 bridgehead atoms. The van der Waals surface area contributed by atoms with Crippen LogP contribution in [0.5, 0.6) is 5.75 Å². The average molecular weight is 250 g/mol. The van der Waals surface area contributed by atoms with E-state index in [1.807, 2.05) is 31.2 Å². The lowest BCUT2D eigenvalue weighted by molar-refractivity contribution is 0.414. The maximum absolute atomic E-state index is 5.30. The summed E-state index contributed by atoms with van der Waals surface area (Å²) in [5, 5.41) is 0. The molecule has 0 atom stereocenters. The Kier molecular flexibility index (Phi) is 4.57. The number of hydrogen-bond donors (Lipinski definition) is 0. The van der Waals surface area contributed by atoms with Gasteiger partial charge in [0.2, 0.25) is 0 Å². The highest BCUT2D eigenvalue weighted by atomic mass is 16.5. The molecule has 0 aliphatic heterocycles. The van der Waals surface area contributed by atoms with Crippen LogP contribution in [0.15, 0.2) is 72.8 Å². The van der Waals surface area contributed by atoms with Gasteiger partial charge >= 0.3 is 0 Å². The number of methoxy groups -OCH3 is 1. The highest BCUT2D eigenvalue weighted by Crippen LogP contribution is 2.26. The smallest absolute Gasteiger partial charge is 0.119 e. The van der Waals surface area contributed by atoms with E-state index in [9.17, 15) is 0 Å². The third-order valence-corrected chi connectivity index (χ3v) is 2.92. The molecular weight excluding hydrogens is 232 g/mol. The normalized spacial score (nSPS) is 11.8. The number of rotatable bonds is 4. The van der Waals surface area contributed by atoms with Gasteiger partial charge in [-0.05, 0) is 35.8 Å². The topological polar surface area (TPSA) is 9.23 Å². The SMILES string of the molecule is C/C=C/C=C(\c1ccccc1)c1cccc(OC)c1. The Bertz CT molecular complexity index is 580. The number of ether oxygens (including phenoxy) is 1. The first-order chi connectivity index (χ1) is 9.35. The number of allylic oxidation sites excluding steroid dienone is 3. The molecule has 2 aromatic carbocycles. The second-order valence-electron chi connectivity index (χ2n) is 4.20. The van der Waals surface area contributed by atoms with Crippen molar-refractivity contribution in [2.24, 2.45) is 0 Å². The average Bonchev–Trinajstić information content (AvgIpc) is 2.49. The Morgan fingerprint density at radius 3 is 2.37 bits per heavy atom. The first-order valence-corrected chi connectivity index (χ1v) is 6.38. The molecule has 0 fully saturated rings. The lowest BCUT2D eigenvalue weighted by atomic mass is 9.97.